The van der Waals surface area contributed by atoms with Crippen LogP contribution in [0.1, 0.15) is 0 Å². The molecule has 0 spiro atoms. The predicted molar refractivity (Wildman–Crippen MR) is 85.4 cm³/mol. The number of fused-ring (bicyclic) bond motifs is 1. The Morgan fingerprint density at radius 3 is 2.26 bits per heavy atom. The van der Waals surface area contributed by atoms with Gasteiger partial charge < -0.3 is 0 Å². The fourth-order valence-corrected chi connectivity index (χ4v) is 2.65. The van der Waals surface area contributed by atoms with Gasteiger partial charge in [0.2, 0.25) is 0 Å². The predicted octanol–water partition coefficient (Wildman–Crippen LogP) is 5.48. The van der Waals surface area contributed by atoms with E-state index in [0.29, 0.717) is 11.0 Å². The van der Waals surface area contributed by atoms with Crippen LogP contribution in [-0.2, 0) is 0 Å². The van der Waals surface area contributed by atoms with Crippen LogP contribution in [0.5, 0.6) is 0 Å². The maximum atomic E-state index is 6.23. The molecular formula is C14H7Br2ClN2. The molecule has 0 atom stereocenters. The van der Waals surface area contributed by atoms with Gasteiger partial charge in [-0.15, -0.1) is 0 Å². The van der Waals surface area contributed by atoms with Crippen LogP contribution < -0.4 is 0 Å². The van der Waals surface area contributed by atoms with E-state index < -0.39 is 0 Å². The number of nitrogens with zero attached hydrogens (tertiary/aromatic N) is 2. The molecule has 3 aromatic rings. The fourth-order valence-electron chi connectivity index (χ4n) is 1.79. The molecule has 0 aliphatic carbocycles. The second-order valence-electron chi connectivity index (χ2n) is 4.01. The van der Waals surface area contributed by atoms with E-state index in [2.05, 4.69) is 41.8 Å². The van der Waals surface area contributed by atoms with E-state index >= 15 is 0 Å². The number of hydrogen-bond donors (Lipinski definition) is 0. The van der Waals surface area contributed by atoms with E-state index in [-0.39, 0.29) is 0 Å². The first-order valence-corrected chi connectivity index (χ1v) is 7.48. The maximum absolute atomic E-state index is 6.23. The molecule has 1 aromatic heterocycles. The van der Waals surface area contributed by atoms with Gasteiger partial charge in [-0.25, -0.2) is 9.97 Å². The summed E-state index contributed by atoms with van der Waals surface area (Å²) in [6.45, 7) is 0. The summed E-state index contributed by atoms with van der Waals surface area (Å²) in [6, 6.07) is 13.6. The number of rotatable bonds is 1. The molecule has 5 heteroatoms. The molecule has 1 heterocycles. The minimum atomic E-state index is 0.462. The molecule has 94 valence electrons. The third-order valence-electron chi connectivity index (χ3n) is 2.71. The lowest BCUT2D eigenvalue weighted by Crippen LogP contribution is -1.91. The molecule has 0 fully saturated rings. The van der Waals surface area contributed by atoms with Gasteiger partial charge in [-0.2, -0.15) is 0 Å². The summed E-state index contributed by atoms with van der Waals surface area (Å²) in [5.74, 6) is 0.632. The minimum absolute atomic E-state index is 0.462. The van der Waals surface area contributed by atoms with Crippen molar-refractivity contribution in [2.75, 3.05) is 0 Å². The Balaban J connectivity index is 2.20. The summed E-state index contributed by atoms with van der Waals surface area (Å²) in [5.41, 5.74) is 1.77. The van der Waals surface area contributed by atoms with Crippen molar-refractivity contribution >= 4 is 54.4 Å². The zero-order chi connectivity index (χ0) is 13.4. The van der Waals surface area contributed by atoms with Gasteiger partial charge in [-0.3, -0.25) is 0 Å². The highest BCUT2D eigenvalue weighted by Crippen LogP contribution is 2.27. The lowest BCUT2D eigenvalue weighted by atomic mass is 10.2. The first-order valence-electron chi connectivity index (χ1n) is 5.52. The van der Waals surface area contributed by atoms with Gasteiger partial charge in [0.15, 0.2) is 5.82 Å². The summed E-state index contributed by atoms with van der Waals surface area (Å²) in [4.78, 5) is 8.91. The van der Waals surface area contributed by atoms with Gasteiger partial charge in [0, 0.05) is 19.9 Å². The van der Waals surface area contributed by atoms with Crippen molar-refractivity contribution in [1.29, 1.82) is 0 Å². The summed E-state index contributed by atoms with van der Waals surface area (Å²) in [7, 11) is 0. The first-order chi connectivity index (χ1) is 9.13. The molecule has 0 unspecified atom stereocenters. The van der Waals surface area contributed by atoms with Crippen LogP contribution in [-0.4, -0.2) is 9.97 Å². The zero-order valence-electron chi connectivity index (χ0n) is 9.57. The lowest BCUT2D eigenvalue weighted by Gasteiger charge is -2.05. The quantitative estimate of drug-likeness (QED) is 0.508. The van der Waals surface area contributed by atoms with E-state index in [0.717, 1.165) is 25.4 Å². The highest BCUT2D eigenvalue weighted by atomic mass is 79.9. The Hall–Kier alpha value is -0.970. The third-order valence-corrected chi connectivity index (χ3v) is 4.02. The molecule has 0 saturated carbocycles. The van der Waals surface area contributed by atoms with Crippen molar-refractivity contribution in [3.05, 3.63) is 56.6 Å². The van der Waals surface area contributed by atoms with Gasteiger partial charge in [0.05, 0.1) is 5.52 Å². The number of benzene rings is 2. The van der Waals surface area contributed by atoms with E-state index in [1.165, 1.54) is 0 Å². The molecule has 2 nitrogen and oxygen atoms in total. The molecule has 3 rings (SSSR count). The van der Waals surface area contributed by atoms with Gasteiger partial charge >= 0.3 is 0 Å². The van der Waals surface area contributed by atoms with Crippen LogP contribution in [0.15, 0.2) is 51.4 Å². The standard InChI is InChI=1S/C14H7Br2ClN2/c15-9-3-1-8(2-4-9)14-18-12-6-5-10(16)7-11(12)13(17)19-14/h1-7H. The molecule has 0 aliphatic rings. The zero-order valence-corrected chi connectivity index (χ0v) is 13.5. The summed E-state index contributed by atoms with van der Waals surface area (Å²) in [6.07, 6.45) is 0. The van der Waals surface area contributed by atoms with Gasteiger partial charge in [-0.1, -0.05) is 55.6 Å². The van der Waals surface area contributed by atoms with Crippen LogP contribution in [0.3, 0.4) is 0 Å². The highest BCUT2D eigenvalue weighted by Gasteiger charge is 2.08. The normalized spacial score (nSPS) is 10.9. The molecule has 0 amide bonds. The van der Waals surface area contributed by atoms with Gasteiger partial charge in [-0.05, 0) is 30.3 Å². The molecule has 0 aliphatic heterocycles. The van der Waals surface area contributed by atoms with Crippen LogP contribution in [0.2, 0.25) is 5.15 Å². The average Bonchev–Trinajstić information content (AvgIpc) is 2.40. The minimum Gasteiger partial charge on any atom is -0.228 e. The number of hydrogen-bond acceptors (Lipinski definition) is 2. The molecule has 19 heavy (non-hydrogen) atoms. The van der Waals surface area contributed by atoms with E-state index in [1.54, 1.807) is 0 Å². The molecule has 0 N–H and O–H groups in total. The topological polar surface area (TPSA) is 25.8 Å². The van der Waals surface area contributed by atoms with Gasteiger partial charge in [0.1, 0.15) is 5.15 Å². The molecule has 0 bridgehead atoms. The molecular weight excluding hydrogens is 391 g/mol. The highest BCUT2D eigenvalue weighted by molar-refractivity contribution is 9.10. The van der Waals surface area contributed by atoms with E-state index in [9.17, 15) is 0 Å². The van der Waals surface area contributed by atoms with Crippen LogP contribution in [0.25, 0.3) is 22.3 Å². The third kappa shape index (κ3) is 2.66. The van der Waals surface area contributed by atoms with Gasteiger partial charge in [0.25, 0.3) is 0 Å². The van der Waals surface area contributed by atoms with Crippen molar-refractivity contribution in [1.82, 2.24) is 9.97 Å². The van der Waals surface area contributed by atoms with Crippen LogP contribution in [0.4, 0.5) is 0 Å². The second kappa shape index (κ2) is 5.19. The van der Waals surface area contributed by atoms with Crippen molar-refractivity contribution in [2.24, 2.45) is 0 Å². The Labute approximate surface area is 132 Å². The molecule has 0 radical (unpaired) electrons. The Morgan fingerprint density at radius 2 is 1.53 bits per heavy atom. The average molecular weight is 398 g/mol. The van der Waals surface area contributed by atoms with Crippen molar-refractivity contribution < 1.29 is 0 Å². The fraction of sp³-hybridized carbons (Fsp3) is 0. The van der Waals surface area contributed by atoms with Crippen molar-refractivity contribution in [2.45, 2.75) is 0 Å². The largest absolute Gasteiger partial charge is 0.228 e. The summed E-state index contributed by atoms with van der Waals surface area (Å²) >= 11 is 13.1. The SMILES string of the molecule is Clc1nc(-c2ccc(Br)cc2)nc2ccc(Br)cc12. The molecule has 2 aromatic carbocycles. The molecule has 0 saturated heterocycles. The van der Waals surface area contributed by atoms with Crippen molar-refractivity contribution in [3.8, 4) is 11.4 Å². The summed E-state index contributed by atoms with van der Waals surface area (Å²) in [5, 5.41) is 1.31. The second-order valence-corrected chi connectivity index (χ2v) is 6.20. The maximum Gasteiger partial charge on any atom is 0.161 e. The first kappa shape index (κ1) is 13.0. The lowest BCUT2D eigenvalue weighted by molar-refractivity contribution is 1.22. The van der Waals surface area contributed by atoms with Crippen LogP contribution >= 0.6 is 43.5 Å². The smallest absolute Gasteiger partial charge is 0.161 e. The van der Waals surface area contributed by atoms with Crippen molar-refractivity contribution in [3.63, 3.8) is 0 Å². The van der Waals surface area contributed by atoms with E-state index in [1.807, 2.05) is 42.5 Å². The van der Waals surface area contributed by atoms with Crippen LogP contribution in [0, 0.1) is 0 Å². The number of aromatic nitrogens is 2. The summed E-state index contributed by atoms with van der Waals surface area (Å²) < 4.78 is 1.98. The Kier molecular flexibility index (Phi) is 3.56. The Bertz CT molecular complexity index is 757. The number of halogens is 3. The van der Waals surface area contributed by atoms with E-state index in [4.69, 9.17) is 11.6 Å². The monoisotopic (exact) mass is 396 g/mol. The Morgan fingerprint density at radius 1 is 0.842 bits per heavy atom.